The molecule has 0 saturated heterocycles. The summed E-state index contributed by atoms with van der Waals surface area (Å²) in [5.41, 5.74) is 6.47. The average molecular weight is 309 g/mol. The second-order valence-corrected chi connectivity index (χ2v) is 6.19. The Hall–Kier alpha value is -1.52. The van der Waals surface area contributed by atoms with E-state index in [-0.39, 0.29) is 6.04 Å². The molecule has 0 bridgehead atoms. The van der Waals surface area contributed by atoms with Crippen molar-refractivity contribution in [2.45, 2.75) is 26.3 Å². The lowest BCUT2D eigenvalue weighted by atomic mass is 10.1. The van der Waals surface area contributed by atoms with E-state index in [4.69, 9.17) is 17.3 Å². The Morgan fingerprint density at radius 3 is 2.75 bits per heavy atom. The van der Waals surface area contributed by atoms with Crippen LogP contribution in [-0.4, -0.2) is 5.91 Å². The topological polar surface area (TPSA) is 55.1 Å². The van der Waals surface area contributed by atoms with Crippen molar-refractivity contribution in [3.05, 3.63) is 50.7 Å². The number of hydrogen-bond acceptors (Lipinski definition) is 3. The van der Waals surface area contributed by atoms with E-state index < -0.39 is 5.91 Å². The van der Waals surface area contributed by atoms with Gasteiger partial charge in [-0.3, -0.25) is 4.79 Å². The maximum Gasteiger partial charge on any atom is 0.250 e. The molecule has 2 rings (SSSR count). The minimum absolute atomic E-state index is 0.169. The number of nitrogens with two attached hydrogens (primary N) is 1. The number of hydrogen-bond donors (Lipinski definition) is 2. The van der Waals surface area contributed by atoms with Crippen LogP contribution < -0.4 is 11.1 Å². The number of amides is 1. The van der Waals surface area contributed by atoms with E-state index in [0.29, 0.717) is 10.6 Å². The van der Waals surface area contributed by atoms with Crippen molar-refractivity contribution in [3.63, 3.8) is 0 Å². The molecule has 1 aromatic carbocycles. The Morgan fingerprint density at radius 2 is 2.15 bits per heavy atom. The molecule has 5 heteroatoms. The summed E-state index contributed by atoms with van der Waals surface area (Å²) in [6, 6.07) is 9.67. The number of benzene rings is 1. The highest BCUT2D eigenvalue weighted by molar-refractivity contribution is 7.12. The van der Waals surface area contributed by atoms with Crippen LogP contribution in [-0.2, 0) is 6.42 Å². The summed E-state index contributed by atoms with van der Waals surface area (Å²) in [4.78, 5) is 13.9. The molecule has 0 spiro atoms. The Labute approximate surface area is 127 Å². The van der Waals surface area contributed by atoms with Crippen LogP contribution in [0.3, 0.4) is 0 Å². The first-order valence-corrected chi connectivity index (χ1v) is 7.65. The molecule has 0 radical (unpaired) electrons. The number of carbonyl (C=O) groups excluding carboxylic acids is 1. The van der Waals surface area contributed by atoms with Gasteiger partial charge in [-0.25, -0.2) is 0 Å². The van der Waals surface area contributed by atoms with Crippen LogP contribution in [0, 0.1) is 0 Å². The smallest absolute Gasteiger partial charge is 0.250 e. The molecule has 1 unspecified atom stereocenters. The highest BCUT2D eigenvalue weighted by atomic mass is 35.5. The first-order chi connectivity index (χ1) is 9.51. The fourth-order valence-corrected chi connectivity index (χ4v) is 3.11. The average Bonchev–Trinajstić information content (AvgIpc) is 2.89. The molecule has 20 heavy (non-hydrogen) atoms. The predicted octanol–water partition coefficient (Wildman–Crippen LogP) is 4.24. The first-order valence-electron chi connectivity index (χ1n) is 6.45. The van der Waals surface area contributed by atoms with Crippen LogP contribution in [0.4, 0.5) is 5.69 Å². The molecule has 106 valence electrons. The van der Waals surface area contributed by atoms with Crippen LogP contribution in [0.2, 0.25) is 5.02 Å². The van der Waals surface area contributed by atoms with Gasteiger partial charge in [0.2, 0.25) is 5.91 Å². The second-order valence-electron chi connectivity index (χ2n) is 4.58. The summed E-state index contributed by atoms with van der Waals surface area (Å²) in [5.74, 6) is -0.518. The van der Waals surface area contributed by atoms with Crippen LogP contribution in [0.5, 0.6) is 0 Å². The molecule has 1 aromatic heterocycles. The van der Waals surface area contributed by atoms with Gasteiger partial charge in [-0.05, 0) is 43.7 Å². The number of aryl methyl sites for hydroxylation is 1. The number of thiophene rings is 1. The summed E-state index contributed by atoms with van der Waals surface area (Å²) >= 11 is 7.73. The van der Waals surface area contributed by atoms with Crippen LogP contribution in [0.25, 0.3) is 0 Å². The van der Waals surface area contributed by atoms with E-state index in [1.165, 1.54) is 9.75 Å². The molecular formula is C15H17ClN2OS. The number of primary amides is 1. The van der Waals surface area contributed by atoms with E-state index in [9.17, 15) is 4.79 Å². The van der Waals surface area contributed by atoms with Crippen LogP contribution in [0.15, 0.2) is 30.3 Å². The minimum atomic E-state index is -0.518. The Balaban J connectivity index is 2.17. The van der Waals surface area contributed by atoms with E-state index in [0.717, 1.165) is 12.1 Å². The molecule has 1 heterocycles. The van der Waals surface area contributed by atoms with Gasteiger partial charge in [-0.1, -0.05) is 18.5 Å². The monoisotopic (exact) mass is 308 g/mol. The van der Waals surface area contributed by atoms with Crippen LogP contribution >= 0.6 is 22.9 Å². The molecule has 3 nitrogen and oxygen atoms in total. The number of anilines is 1. The van der Waals surface area contributed by atoms with Crippen molar-refractivity contribution in [2.24, 2.45) is 5.73 Å². The standard InChI is InChI=1S/C15H17ClN2OS/c1-3-11-5-7-14(20-11)9(2)18-10-4-6-13(16)12(8-10)15(17)19/h4-9,18H,3H2,1-2H3,(H2,17,19). The summed E-state index contributed by atoms with van der Waals surface area (Å²) < 4.78 is 0. The normalized spacial score (nSPS) is 12.2. The maximum absolute atomic E-state index is 11.3. The van der Waals surface area contributed by atoms with Crippen molar-refractivity contribution in [3.8, 4) is 0 Å². The highest BCUT2D eigenvalue weighted by Gasteiger charge is 2.11. The largest absolute Gasteiger partial charge is 0.378 e. The van der Waals surface area contributed by atoms with Gasteiger partial charge in [-0.15, -0.1) is 11.3 Å². The van der Waals surface area contributed by atoms with Gasteiger partial charge in [0, 0.05) is 15.4 Å². The highest BCUT2D eigenvalue weighted by Crippen LogP contribution is 2.28. The first kappa shape index (κ1) is 14.9. The van der Waals surface area contributed by atoms with Gasteiger partial charge in [0.05, 0.1) is 16.6 Å². The van der Waals surface area contributed by atoms with Gasteiger partial charge in [0.1, 0.15) is 0 Å². The quantitative estimate of drug-likeness (QED) is 0.868. The van der Waals surface area contributed by atoms with Gasteiger partial charge >= 0.3 is 0 Å². The molecule has 2 aromatic rings. The molecule has 1 amide bonds. The number of nitrogens with one attached hydrogen (secondary N) is 1. The SMILES string of the molecule is CCc1ccc(C(C)Nc2ccc(Cl)c(C(N)=O)c2)s1. The minimum Gasteiger partial charge on any atom is -0.378 e. The van der Waals surface area contributed by atoms with Crippen molar-refractivity contribution >= 4 is 34.5 Å². The molecule has 0 fully saturated rings. The lowest BCUT2D eigenvalue weighted by molar-refractivity contribution is 0.100. The van der Waals surface area contributed by atoms with E-state index in [2.05, 4.69) is 31.3 Å². The fourth-order valence-electron chi connectivity index (χ4n) is 1.94. The number of carbonyl (C=O) groups is 1. The molecule has 3 N–H and O–H groups in total. The third kappa shape index (κ3) is 3.32. The van der Waals surface area contributed by atoms with Crippen molar-refractivity contribution in [1.82, 2.24) is 0 Å². The molecular weight excluding hydrogens is 292 g/mol. The third-order valence-electron chi connectivity index (χ3n) is 3.07. The van der Waals surface area contributed by atoms with Gasteiger partial charge in [-0.2, -0.15) is 0 Å². The summed E-state index contributed by atoms with van der Waals surface area (Å²) in [5, 5.41) is 3.74. The molecule has 0 aliphatic carbocycles. The second kappa shape index (κ2) is 6.29. The third-order valence-corrected chi connectivity index (χ3v) is 4.81. The zero-order valence-electron chi connectivity index (χ0n) is 11.4. The van der Waals surface area contributed by atoms with Gasteiger partial charge in [0.15, 0.2) is 0 Å². The lowest BCUT2D eigenvalue weighted by Gasteiger charge is -2.14. The number of rotatable bonds is 5. The van der Waals surface area contributed by atoms with E-state index >= 15 is 0 Å². The maximum atomic E-state index is 11.3. The van der Waals surface area contributed by atoms with Crippen LogP contribution in [0.1, 0.15) is 40.0 Å². The summed E-state index contributed by atoms with van der Waals surface area (Å²) in [6.07, 6.45) is 1.05. The Morgan fingerprint density at radius 1 is 1.40 bits per heavy atom. The zero-order chi connectivity index (χ0) is 14.7. The lowest BCUT2D eigenvalue weighted by Crippen LogP contribution is -2.12. The zero-order valence-corrected chi connectivity index (χ0v) is 13.0. The van der Waals surface area contributed by atoms with Gasteiger partial charge in [0.25, 0.3) is 0 Å². The van der Waals surface area contributed by atoms with E-state index in [1.54, 1.807) is 23.5 Å². The Bertz CT molecular complexity index is 624. The Kier molecular flexibility index (Phi) is 4.68. The molecule has 0 saturated carbocycles. The summed E-state index contributed by atoms with van der Waals surface area (Å²) in [7, 11) is 0. The van der Waals surface area contributed by atoms with Crippen molar-refractivity contribution < 1.29 is 4.79 Å². The van der Waals surface area contributed by atoms with Gasteiger partial charge < -0.3 is 11.1 Å². The summed E-state index contributed by atoms with van der Waals surface area (Å²) in [6.45, 7) is 4.23. The van der Waals surface area contributed by atoms with Crippen molar-refractivity contribution in [2.75, 3.05) is 5.32 Å². The number of halogens is 1. The molecule has 0 aliphatic rings. The van der Waals surface area contributed by atoms with Crippen molar-refractivity contribution in [1.29, 1.82) is 0 Å². The molecule has 0 aliphatic heterocycles. The predicted molar refractivity (Wildman–Crippen MR) is 85.7 cm³/mol. The van der Waals surface area contributed by atoms with E-state index in [1.807, 2.05) is 6.07 Å². The fraction of sp³-hybridized carbons (Fsp3) is 0.267. The molecule has 1 atom stereocenters.